The first-order chi connectivity index (χ1) is 15.1. The smallest absolute Gasteiger partial charge is 0.215 e. The van der Waals surface area contributed by atoms with Gasteiger partial charge in [0.2, 0.25) is 5.88 Å². The zero-order valence-electron chi connectivity index (χ0n) is 18.4. The molecule has 2 heterocycles. The summed E-state index contributed by atoms with van der Waals surface area (Å²) >= 11 is 0. The van der Waals surface area contributed by atoms with Crippen molar-refractivity contribution in [3.63, 3.8) is 0 Å². The fourth-order valence-electron chi connectivity index (χ4n) is 3.22. The Hall–Kier alpha value is -2.77. The molecule has 0 aliphatic carbocycles. The molecule has 1 aromatic carbocycles. The van der Waals surface area contributed by atoms with Gasteiger partial charge in [0, 0.05) is 37.5 Å². The van der Waals surface area contributed by atoms with Crippen LogP contribution in [0, 0.1) is 6.92 Å². The summed E-state index contributed by atoms with van der Waals surface area (Å²) in [5.74, 6) is 0.677. The highest BCUT2D eigenvalue weighted by molar-refractivity contribution is 5.79. The van der Waals surface area contributed by atoms with Crippen LogP contribution in [0.25, 0.3) is 0 Å². The average Bonchev–Trinajstić information content (AvgIpc) is 2.76. The van der Waals surface area contributed by atoms with E-state index in [4.69, 9.17) is 14.2 Å². The summed E-state index contributed by atoms with van der Waals surface area (Å²) in [6.07, 6.45) is 2.30. The van der Waals surface area contributed by atoms with Crippen LogP contribution in [0.3, 0.4) is 0 Å². The van der Waals surface area contributed by atoms with E-state index in [2.05, 4.69) is 40.0 Å². The number of carbonyl (C=O) groups is 1. The van der Waals surface area contributed by atoms with E-state index in [0.717, 1.165) is 30.0 Å². The predicted molar refractivity (Wildman–Crippen MR) is 121 cm³/mol. The van der Waals surface area contributed by atoms with Gasteiger partial charge in [-0.25, -0.2) is 4.98 Å². The first-order valence-electron chi connectivity index (χ1n) is 10.7. The molecular formula is C24H31N3O4. The van der Waals surface area contributed by atoms with Gasteiger partial charge in [0.15, 0.2) is 0 Å². The third kappa shape index (κ3) is 8.11. The van der Waals surface area contributed by atoms with Crippen molar-refractivity contribution in [2.45, 2.75) is 26.8 Å². The minimum Gasteiger partial charge on any atom is -0.475 e. The number of anilines is 1. The topological polar surface area (TPSA) is 73.2 Å². The molecule has 0 spiro atoms. The summed E-state index contributed by atoms with van der Waals surface area (Å²) in [6.45, 7) is 8.40. The van der Waals surface area contributed by atoms with Crippen LogP contribution < -0.4 is 9.64 Å². The number of carbonyl (C=O) groups excluding carboxylic acids is 1. The molecule has 3 rings (SSSR count). The Labute approximate surface area is 184 Å². The van der Waals surface area contributed by atoms with Crippen LogP contribution in [0.1, 0.15) is 30.2 Å². The van der Waals surface area contributed by atoms with Crippen LogP contribution in [0.15, 0.2) is 41.4 Å². The van der Waals surface area contributed by atoms with Gasteiger partial charge in [-0.15, -0.1) is 0 Å². The van der Waals surface area contributed by atoms with E-state index in [0.29, 0.717) is 51.9 Å². The molecule has 1 aliphatic rings. The first kappa shape index (κ1) is 22.9. The van der Waals surface area contributed by atoms with E-state index < -0.39 is 0 Å². The lowest BCUT2D eigenvalue weighted by atomic mass is 10.1. The van der Waals surface area contributed by atoms with Crippen molar-refractivity contribution in [2.24, 2.45) is 4.99 Å². The van der Waals surface area contributed by atoms with Gasteiger partial charge in [-0.05, 0) is 25.5 Å². The summed E-state index contributed by atoms with van der Waals surface area (Å²) in [5, 5.41) is 0. The highest BCUT2D eigenvalue weighted by Gasteiger charge is 2.14. The fraction of sp³-hybridized carbons (Fsp3) is 0.458. The Morgan fingerprint density at radius 3 is 2.81 bits per heavy atom. The Kier molecular flexibility index (Phi) is 8.99. The fourth-order valence-corrected chi connectivity index (χ4v) is 3.22. The number of hydrogen-bond donors (Lipinski definition) is 0. The second kappa shape index (κ2) is 12.2. The Morgan fingerprint density at radius 2 is 2.03 bits per heavy atom. The molecule has 0 amide bonds. The third-order valence-corrected chi connectivity index (χ3v) is 4.83. The number of rotatable bonds is 11. The molecule has 7 nitrogen and oxygen atoms in total. The standard InChI is InChI=1S/C24H31N3O4/c1-19-4-3-5-21(14-19)17-25-18-22-15-23(27-7-10-30-11-8-27)16-24(26-22)31-13-12-29-9-6-20(2)28/h3-5,14-17H,6-13,18H2,1-2H3. The highest BCUT2D eigenvalue weighted by Crippen LogP contribution is 2.23. The molecular weight excluding hydrogens is 394 g/mol. The van der Waals surface area contributed by atoms with E-state index in [1.165, 1.54) is 5.56 Å². The second-order valence-corrected chi connectivity index (χ2v) is 7.55. The largest absolute Gasteiger partial charge is 0.475 e. The van der Waals surface area contributed by atoms with Gasteiger partial charge in [0.1, 0.15) is 12.4 Å². The maximum absolute atomic E-state index is 11.0. The van der Waals surface area contributed by atoms with Crippen molar-refractivity contribution < 1.29 is 19.0 Å². The highest BCUT2D eigenvalue weighted by atomic mass is 16.5. The van der Waals surface area contributed by atoms with Crippen molar-refractivity contribution in [3.8, 4) is 5.88 Å². The third-order valence-electron chi connectivity index (χ3n) is 4.83. The van der Waals surface area contributed by atoms with E-state index >= 15 is 0 Å². The van der Waals surface area contributed by atoms with Gasteiger partial charge in [-0.1, -0.05) is 29.8 Å². The molecule has 0 bridgehead atoms. The summed E-state index contributed by atoms with van der Waals surface area (Å²) < 4.78 is 16.7. The maximum Gasteiger partial charge on any atom is 0.215 e. The van der Waals surface area contributed by atoms with Crippen LogP contribution in [-0.2, 0) is 20.8 Å². The van der Waals surface area contributed by atoms with Gasteiger partial charge >= 0.3 is 0 Å². The van der Waals surface area contributed by atoms with Gasteiger partial charge in [-0.3, -0.25) is 9.79 Å². The molecule has 1 aliphatic heterocycles. The van der Waals surface area contributed by atoms with E-state index in [-0.39, 0.29) is 5.78 Å². The van der Waals surface area contributed by atoms with Crippen molar-refractivity contribution >= 4 is 17.7 Å². The number of ketones is 1. The quantitative estimate of drug-likeness (QED) is 0.407. The molecule has 31 heavy (non-hydrogen) atoms. The van der Waals surface area contributed by atoms with Gasteiger partial charge in [0.05, 0.1) is 38.7 Å². The summed E-state index contributed by atoms with van der Waals surface area (Å²) in [6, 6.07) is 12.2. The number of morpholine rings is 1. The molecule has 0 saturated carbocycles. The van der Waals surface area contributed by atoms with Crippen molar-refractivity contribution in [1.29, 1.82) is 0 Å². The summed E-state index contributed by atoms with van der Waals surface area (Å²) in [4.78, 5) is 22.4. The molecule has 0 radical (unpaired) electrons. The lowest BCUT2D eigenvalue weighted by Gasteiger charge is -2.29. The summed E-state index contributed by atoms with van der Waals surface area (Å²) in [5.41, 5.74) is 4.19. The van der Waals surface area contributed by atoms with Crippen LogP contribution in [0.5, 0.6) is 5.88 Å². The van der Waals surface area contributed by atoms with Gasteiger partial charge < -0.3 is 19.1 Å². The number of benzene rings is 1. The molecule has 0 N–H and O–H groups in total. The maximum atomic E-state index is 11.0. The minimum absolute atomic E-state index is 0.122. The van der Waals surface area contributed by atoms with Crippen molar-refractivity contribution in [3.05, 3.63) is 53.2 Å². The molecule has 166 valence electrons. The normalized spacial score (nSPS) is 14.2. The Bertz CT molecular complexity index is 879. The Balaban J connectivity index is 1.63. The number of aryl methyl sites for hydroxylation is 1. The van der Waals surface area contributed by atoms with E-state index in [1.807, 2.05) is 24.4 Å². The van der Waals surface area contributed by atoms with Crippen LogP contribution in [-0.4, -0.2) is 63.1 Å². The lowest BCUT2D eigenvalue weighted by molar-refractivity contribution is -0.118. The predicted octanol–water partition coefficient (Wildman–Crippen LogP) is 3.22. The number of nitrogens with zero attached hydrogens (tertiary/aromatic N) is 3. The molecule has 0 unspecified atom stereocenters. The molecule has 2 aromatic rings. The molecule has 0 atom stereocenters. The zero-order valence-corrected chi connectivity index (χ0v) is 18.4. The van der Waals surface area contributed by atoms with Crippen LogP contribution >= 0.6 is 0 Å². The first-order valence-corrected chi connectivity index (χ1v) is 10.7. The van der Waals surface area contributed by atoms with Crippen molar-refractivity contribution in [1.82, 2.24) is 4.98 Å². The Morgan fingerprint density at radius 1 is 1.19 bits per heavy atom. The molecule has 1 aromatic heterocycles. The molecule has 1 saturated heterocycles. The number of hydrogen-bond acceptors (Lipinski definition) is 7. The average molecular weight is 426 g/mol. The second-order valence-electron chi connectivity index (χ2n) is 7.55. The number of Topliss-reactive ketones (excluding diaryl/α,β-unsaturated/α-hetero) is 1. The minimum atomic E-state index is 0.122. The van der Waals surface area contributed by atoms with Crippen LogP contribution in [0.2, 0.25) is 0 Å². The van der Waals surface area contributed by atoms with Crippen LogP contribution in [0.4, 0.5) is 5.69 Å². The summed E-state index contributed by atoms with van der Waals surface area (Å²) in [7, 11) is 0. The number of ether oxygens (including phenoxy) is 3. The van der Waals surface area contributed by atoms with Crippen molar-refractivity contribution in [2.75, 3.05) is 51.0 Å². The van der Waals surface area contributed by atoms with E-state index in [9.17, 15) is 4.79 Å². The number of aliphatic imine (C=N–C) groups is 1. The SMILES string of the molecule is CC(=O)CCOCCOc1cc(N2CCOCC2)cc(CN=Cc2cccc(C)c2)n1. The molecule has 7 heteroatoms. The number of pyridine rings is 1. The zero-order chi connectivity index (χ0) is 21.9. The number of aromatic nitrogens is 1. The van der Waals surface area contributed by atoms with E-state index in [1.54, 1.807) is 6.92 Å². The van der Waals surface area contributed by atoms with Gasteiger partial charge in [-0.2, -0.15) is 0 Å². The molecule has 1 fully saturated rings. The van der Waals surface area contributed by atoms with Gasteiger partial charge in [0.25, 0.3) is 0 Å². The lowest BCUT2D eigenvalue weighted by Crippen LogP contribution is -2.36. The monoisotopic (exact) mass is 425 g/mol.